The number of anilines is 1. The van der Waals surface area contributed by atoms with Crippen LogP contribution < -0.4 is 4.31 Å². The highest BCUT2D eigenvalue weighted by Crippen LogP contribution is 2.33. The number of likely N-dealkylation sites (tertiary alicyclic amines) is 1. The van der Waals surface area contributed by atoms with Crippen molar-refractivity contribution in [3.05, 3.63) is 29.8 Å². The molecule has 27 heavy (non-hydrogen) atoms. The van der Waals surface area contributed by atoms with Crippen molar-refractivity contribution in [2.24, 2.45) is 0 Å². The molecule has 0 spiro atoms. The summed E-state index contributed by atoms with van der Waals surface area (Å²) >= 11 is 0. The Hall–Kier alpha value is -1.76. The van der Waals surface area contributed by atoms with Gasteiger partial charge in [0, 0.05) is 32.7 Å². The molecule has 1 saturated heterocycles. The predicted octanol–water partition coefficient (Wildman–Crippen LogP) is 2.84. The summed E-state index contributed by atoms with van der Waals surface area (Å²) in [4.78, 5) is 16.5. The molecule has 2 heterocycles. The van der Waals surface area contributed by atoms with Crippen molar-refractivity contribution in [2.45, 2.75) is 56.2 Å². The first-order valence-corrected chi connectivity index (χ1v) is 11.6. The smallest absolute Gasteiger partial charge is 0.320 e. The van der Waals surface area contributed by atoms with E-state index in [4.69, 9.17) is 0 Å². The van der Waals surface area contributed by atoms with Crippen LogP contribution in [0.15, 0.2) is 24.3 Å². The van der Waals surface area contributed by atoms with E-state index in [2.05, 4.69) is 0 Å². The maximum Gasteiger partial charge on any atom is 0.320 e. The lowest BCUT2D eigenvalue weighted by molar-refractivity contribution is 0.138. The third-order valence-corrected chi connectivity index (χ3v) is 8.62. The molecular weight excluding hydrogens is 362 g/mol. The zero-order chi connectivity index (χ0) is 19.0. The Bertz CT molecular complexity index is 804. The van der Waals surface area contributed by atoms with Crippen LogP contribution in [0.4, 0.5) is 10.5 Å². The molecule has 0 aromatic heterocycles. The summed E-state index contributed by atoms with van der Waals surface area (Å²) in [6.07, 6.45) is 6.59. The van der Waals surface area contributed by atoms with Crippen molar-refractivity contribution in [3.63, 3.8) is 0 Å². The van der Waals surface area contributed by atoms with Gasteiger partial charge >= 0.3 is 6.03 Å². The Kier molecular flexibility index (Phi) is 5.05. The maximum absolute atomic E-state index is 13.3. The van der Waals surface area contributed by atoms with Crippen molar-refractivity contribution < 1.29 is 13.2 Å². The van der Waals surface area contributed by atoms with Crippen molar-refractivity contribution in [1.82, 2.24) is 9.80 Å². The van der Waals surface area contributed by atoms with Gasteiger partial charge in [0.2, 0.25) is 10.0 Å². The summed E-state index contributed by atoms with van der Waals surface area (Å²) < 4.78 is 28.2. The Labute approximate surface area is 162 Å². The number of sulfonamides is 1. The lowest BCUT2D eigenvalue weighted by atomic mass is 10.1. The number of hydrogen-bond acceptors (Lipinski definition) is 3. The molecule has 0 radical (unpaired) electrons. The fraction of sp³-hybridized carbons (Fsp3) is 0.650. The second-order valence-electron chi connectivity index (χ2n) is 8.04. The molecule has 3 aliphatic rings. The molecule has 4 rings (SSSR count). The minimum absolute atomic E-state index is 0.0105. The summed E-state index contributed by atoms with van der Waals surface area (Å²) in [5.74, 6) is 0. The Morgan fingerprint density at radius 1 is 1.07 bits per heavy atom. The monoisotopic (exact) mass is 391 g/mol. The fourth-order valence-electron chi connectivity index (χ4n) is 4.78. The average molecular weight is 392 g/mol. The van der Waals surface area contributed by atoms with Gasteiger partial charge in [0.1, 0.15) is 0 Å². The zero-order valence-corrected chi connectivity index (χ0v) is 16.8. The molecule has 1 atom stereocenters. The van der Waals surface area contributed by atoms with E-state index < -0.39 is 15.3 Å². The van der Waals surface area contributed by atoms with Crippen LogP contribution in [-0.4, -0.2) is 62.2 Å². The average Bonchev–Trinajstić information content (AvgIpc) is 3.37. The third-order valence-electron chi connectivity index (χ3n) is 6.40. The number of urea groups is 1. The quantitative estimate of drug-likeness (QED) is 0.796. The van der Waals surface area contributed by atoms with Crippen molar-refractivity contribution in [1.29, 1.82) is 0 Å². The minimum Gasteiger partial charge on any atom is -0.325 e. The van der Waals surface area contributed by atoms with E-state index in [1.807, 2.05) is 36.2 Å². The van der Waals surface area contributed by atoms with Gasteiger partial charge in [-0.25, -0.2) is 13.2 Å². The van der Waals surface area contributed by atoms with Gasteiger partial charge in [-0.05, 0) is 43.7 Å². The highest BCUT2D eigenvalue weighted by atomic mass is 32.2. The van der Waals surface area contributed by atoms with Gasteiger partial charge in [-0.15, -0.1) is 0 Å². The fourth-order valence-corrected chi connectivity index (χ4v) is 6.77. The van der Waals surface area contributed by atoms with E-state index in [1.54, 1.807) is 9.21 Å². The second kappa shape index (κ2) is 7.34. The Morgan fingerprint density at radius 3 is 2.59 bits per heavy atom. The largest absolute Gasteiger partial charge is 0.325 e. The van der Waals surface area contributed by atoms with Gasteiger partial charge in [0.25, 0.3) is 0 Å². The van der Waals surface area contributed by atoms with Gasteiger partial charge in [-0.3, -0.25) is 4.31 Å². The number of carbonyl (C=O) groups excluding carboxylic acids is 1. The van der Waals surface area contributed by atoms with E-state index in [0.717, 1.165) is 36.9 Å². The van der Waals surface area contributed by atoms with Gasteiger partial charge < -0.3 is 9.80 Å². The molecule has 1 aromatic rings. The molecule has 1 aromatic carbocycles. The number of para-hydroxylation sites is 1. The second-order valence-corrected chi connectivity index (χ2v) is 10.2. The molecule has 2 aliphatic heterocycles. The van der Waals surface area contributed by atoms with Crippen molar-refractivity contribution in [2.75, 3.05) is 31.0 Å². The van der Waals surface area contributed by atoms with E-state index in [0.29, 0.717) is 32.1 Å². The topological polar surface area (TPSA) is 60.9 Å². The van der Waals surface area contributed by atoms with Crippen LogP contribution in [0.3, 0.4) is 0 Å². The van der Waals surface area contributed by atoms with E-state index in [9.17, 15) is 13.2 Å². The molecule has 148 valence electrons. The number of benzene rings is 1. The molecule has 0 N–H and O–H groups in total. The Morgan fingerprint density at radius 2 is 1.81 bits per heavy atom. The van der Waals surface area contributed by atoms with Gasteiger partial charge in [-0.2, -0.15) is 0 Å². The third kappa shape index (κ3) is 3.42. The SMILES string of the molecule is CN(C(=O)N1CCCC(S(=O)(=O)N2CCc3ccccc32)C1)C1CCCC1. The summed E-state index contributed by atoms with van der Waals surface area (Å²) in [7, 11) is -1.60. The number of hydrogen-bond donors (Lipinski definition) is 0. The molecule has 6 nitrogen and oxygen atoms in total. The summed E-state index contributed by atoms with van der Waals surface area (Å²) in [5, 5.41) is -0.515. The van der Waals surface area contributed by atoms with Crippen LogP contribution in [-0.2, 0) is 16.4 Å². The van der Waals surface area contributed by atoms with Crippen molar-refractivity contribution >= 4 is 21.7 Å². The number of nitrogens with zero attached hydrogens (tertiary/aromatic N) is 3. The highest BCUT2D eigenvalue weighted by Gasteiger charge is 2.40. The number of amides is 2. The molecular formula is C20H29N3O3S. The maximum atomic E-state index is 13.3. The van der Waals surface area contributed by atoms with E-state index >= 15 is 0 Å². The normalized spacial score (nSPS) is 23.5. The zero-order valence-electron chi connectivity index (χ0n) is 16.0. The highest BCUT2D eigenvalue weighted by molar-refractivity contribution is 7.93. The summed E-state index contributed by atoms with van der Waals surface area (Å²) in [5.41, 5.74) is 1.90. The molecule has 1 saturated carbocycles. The molecule has 1 unspecified atom stereocenters. The lowest BCUT2D eigenvalue weighted by Gasteiger charge is -2.38. The van der Waals surface area contributed by atoms with Crippen LogP contribution in [0.2, 0.25) is 0 Å². The Balaban J connectivity index is 1.48. The molecule has 2 amide bonds. The number of fused-ring (bicyclic) bond motifs is 1. The number of piperidine rings is 1. The van der Waals surface area contributed by atoms with Crippen LogP contribution in [0, 0.1) is 0 Å². The van der Waals surface area contributed by atoms with Crippen LogP contribution in [0.25, 0.3) is 0 Å². The van der Waals surface area contributed by atoms with Crippen LogP contribution in [0.5, 0.6) is 0 Å². The number of carbonyl (C=O) groups is 1. The van der Waals surface area contributed by atoms with Crippen molar-refractivity contribution in [3.8, 4) is 0 Å². The van der Waals surface area contributed by atoms with Crippen LogP contribution in [0.1, 0.15) is 44.1 Å². The van der Waals surface area contributed by atoms with Gasteiger partial charge in [0.15, 0.2) is 0 Å². The summed E-state index contributed by atoms with van der Waals surface area (Å²) in [6.45, 7) is 1.46. The van der Waals surface area contributed by atoms with E-state index in [1.165, 1.54) is 12.8 Å². The molecule has 7 heteroatoms. The molecule has 0 bridgehead atoms. The predicted molar refractivity (Wildman–Crippen MR) is 106 cm³/mol. The molecule has 2 fully saturated rings. The first-order valence-electron chi connectivity index (χ1n) is 10.1. The van der Waals surface area contributed by atoms with Crippen LogP contribution >= 0.6 is 0 Å². The number of rotatable bonds is 3. The first kappa shape index (κ1) is 18.6. The molecule has 1 aliphatic carbocycles. The summed E-state index contributed by atoms with van der Waals surface area (Å²) in [6, 6.07) is 8.02. The van der Waals surface area contributed by atoms with Gasteiger partial charge in [-0.1, -0.05) is 31.0 Å². The minimum atomic E-state index is -3.47. The van der Waals surface area contributed by atoms with E-state index in [-0.39, 0.29) is 6.03 Å². The lowest BCUT2D eigenvalue weighted by Crippen LogP contribution is -2.53. The standard InChI is InChI=1S/C20H29N3O3S/c1-21(17-8-3-4-9-17)20(24)22-13-6-10-18(15-22)27(25,26)23-14-12-16-7-2-5-11-19(16)23/h2,5,7,11,17-18H,3-4,6,8-10,12-15H2,1H3. The first-order chi connectivity index (χ1) is 13.0. The van der Waals surface area contributed by atoms with Gasteiger partial charge in [0.05, 0.1) is 10.9 Å².